The molecular formula is C21H19Cl2N7O4. The Morgan fingerprint density at radius 1 is 0.912 bits per heavy atom. The topological polar surface area (TPSA) is 119 Å². The number of fused-ring (bicyclic) bond motifs is 1. The molecule has 11 nitrogen and oxygen atoms in total. The van der Waals surface area contributed by atoms with Crippen molar-refractivity contribution in [2.24, 2.45) is 0 Å². The Labute approximate surface area is 204 Å². The molecule has 3 aliphatic heterocycles. The fraction of sp³-hybridized carbons (Fsp3) is 0.333. The van der Waals surface area contributed by atoms with Crippen LogP contribution in [0.5, 0.6) is 0 Å². The number of halogens is 2. The largest absolute Gasteiger partial charge is 0.353 e. The number of carbonyl (C=O) groups excluding carboxylic acids is 4. The second kappa shape index (κ2) is 8.82. The van der Waals surface area contributed by atoms with E-state index in [0.29, 0.717) is 30.5 Å². The Kier molecular flexibility index (Phi) is 5.84. The summed E-state index contributed by atoms with van der Waals surface area (Å²) in [4.78, 5) is 61.7. The summed E-state index contributed by atoms with van der Waals surface area (Å²) in [6, 6.07) is 4.32. The summed E-state index contributed by atoms with van der Waals surface area (Å²) in [5, 5.41) is 4.47. The number of carbonyl (C=O) groups is 4. The Morgan fingerprint density at radius 2 is 1.65 bits per heavy atom. The van der Waals surface area contributed by atoms with Crippen LogP contribution in [0, 0.1) is 0 Å². The van der Waals surface area contributed by atoms with Crippen molar-refractivity contribution < 1.29 is 19.2 Å². The van der Waals surface area contributed by atoms with E-state index >= 15 is 0 Å². The Bertz CT molecular complexity index is 1220. The molecule has 0 atom stereocenters. The number of imide groups is 2. The van der Waals surface area contributed by atoms with Crippen LogP contribution in [0.15, 0.2) is 24.5 Å². The number of hydrogen-bond acceptors (Lipinski definition) is 8. The van der Waals surface area contributed by atoms with Crippen LogP contribution in [0.2, 0.25) is 10.2 Å². The van der Waals surface area contributed by atoms with Crippen molar-refractivity contribution in [3.05, 3.63) is 51.4 Å². The molecule has 0 aliphatic carbocycles. The fourth-order valence-electron chi connectivity index (χ4n) is 4.28. The van der Waals surface area contributed by atoms with Crippen LogP contribution in [0.25, 0.3) is 0 Å². The minimum Gasteiger partial charge on any atom is -0.353 e. The van der Waals surface area contributed by atoms with Gasteiger partial charge in [-0.15, -0.1) is 0 Å². The second-order valence-corrected chi connectivity index (χ2v) is 8.83. The van der Waals surface area contributed by atoms with E-state index in [-0.39, 0.29) is 29.2 Å². The molecular weight excluding hydrogens is 485 g/mol. The summed E-state index contributed by atoms with van der Waals surface area (Å²) in [6.07, 6.45) is 1.40. The van der Waals surface area contributed by atoms with Gasteiger partial charge in [-0.25, -0.2) is 19.8 Å². The highest BCUT2D eigenvalue weighted by atomic mass is 35.5. The van der Waals surface area contributed by atoms with Crippen molar-refractivity contribution in [3.63, 3.8) is 0 Å². The predicted octanol–water partition coefficient (Wildman–Crippen LogP) is 1.56. The van der Waals surface area contributed by atoms with Crippen LogP contribution in [0.3, 0.4) is 0 Å². The molecule has 176 valence electrons. The zero-order valence-electron chi connectivity index (χ0n) is 17.8. The normalized spacial score (nSPS) is 19.1. The van der Waals surface area contributed by atoms with Gasteiger partial charge in [-0.2, -0.15) is 5.01 Å². The molecule has 2 saturated heterocycles. The molecule has 5 rings (SSSR count). The van der Waals surface area contributed by atoms with Gasteiger partial charge in [-0.3, -0.25) is 24.6 Å². The minimum absolute atomic E-state index is 0.0167. The molecule has 5 amide bonds. The van der Waals surface area contributed by atoms with E-state index in [1.54, 1.807) is 18.2 Å². The molecule has 0 saturated carbocycles. The van der Waals surface area contributed by atoms with Gasteiger partial charge < -0.3 is 4.90 Å². The Balaban J connectivity index is 1.26. The van der Waals surface area contributed by atoms with Gasteiger partial charge in [0.15, 0.2) is 11.0 Å². The summed E-state index contributed by atoms with van der Waals surface area (Å²) in [5.74, 6) is -0.992. The molecule has 0 spiro atoms. The number of nitrogens with one attached hydrogen (secondary N) is 1. The summed E-state index contributed by atoms with van der Waals surface area (Å²) in [5.41, 5.74) is 1.35. The molecule has 0 radical (unpaired) electrons. The van der Waals surface area contributed by atoms with E-state index in [0.717, 1.165) is 28.7 Å². The maximum absolute atomic E-state index is 13.0. The van der Waals surface area contributed by atoms with Crippen molar-refractivity contribution >= 4 is 52.8 Å². The van der Waals surface area contributed by atoms with Crippen LogP contribution in [0.1, 0.15) is 32.7 Å². The first kappa shape index (κ1) is 22.5. The summed E-state index contributed by atoms with van der Waals surface area (Å²) >= 11 is 12.2. The van der Waals surface area contributed by atoms with Crippen molar-refractivity contribution in [3.8, 4) is 0 Å². The highest BCUT2D eigenvalue weighted by Gasteiger charge is 2.43. The van der Waals surface area contributed by atoms with E-state index in [1.807, 2.05) is 4.90 Å². The van der Waals surface area contributed by atoms with E-state index in [4.69, 9.17) is 23.2 Å². The van der Waals surface area contributed by atoms with Crippen molar-refractivity contribution in [2.75, 3.05) is 37.6 Å². The number of urea groups is 1. The van der Waals surface area contributed by atoms with Crippen LogP contribution in [-0.4, -0.2) is 81.4 Å². The van der Waals surface area contributed by atoms with Crippen LogP contribution in [-0.2, 0) is 11.3 Å². The monoisotopic (exact) mass is 503 g/mol. The first-order chi connectivity index (χ1) is 16.3. The number of hydrogen-bond donors (Lipinski definition) is 1. The standard InChI is InChI=1S/C21H19Cl2N7O4/c22-16-17(23)24-11-25-18(16)28-7-5-27(6-8-28)10-12-1-2-13-14(9-12)20(33)30(19(13)32)29-4-3-15(31)26-21(29)34/h1-2,9,11H,3-8,10H2,(H,26,31,34). The smallest absolute Gasteiger partial charge is 0.343 e. The molecule has 1 aromatic carbocycles. The number of benzene rings is 1. The lowest BCUT2D eigenvalue weighted by Crippen LogP contribution is -2.58. The minimum atomic E-state index is -0.783. The van der Waals surface area contributed by atoms with Gasteiger partial charge in [-0.05, 0) is 17.7 Å². The first-order valence-corrected chi connectivity index (χ1v) is 11.4. The zero-order valence-corrected chi connectivity index (χ0v) is 19.3. The molecule has 0 unspecified atom stereocenters. The van der Waals surface area contributed by atoms with E-state index in [9.17, 15) is 19.2 Å². The van der Waals surface area contributed by atoms with E-state index in [2.05, 4.69) is 20.2 Å². The zero-order chi connectivity index (χ0) is 24.0. The second-order valence-electron chi connectivity index (χ2n) is 8.09. The lowest BCUT2D eigenvalue weighted by Gasteiger charge is -2.35. The summed E-state index contributed by atoms with van der Waals surface area (Å²) < 4.78 is 0. The third kappa shape index (κ3) is 3.95. The Morgan fingerprint density at radius 3 is 2.38 bits per heavy atom. The van der Waals surface area contributed by atoms with Crippen LogP contribution >= 0.6 is 23.2 Å². The van der Waals surface area contributed by atoms with Crippen LogP contribution < -0.4 is 10.2 Å². The van der Waals surface area contributed by atoms with Gasteiger partial charge in [0.1, 0.15) is 11.3 Å². The van der Waals surface area contributed by atoms with Crippen molar-refractivity contribution in [2.45, 2.75) is 13.0 Å². The summed E-state index contributed by atoms with van der Waals surface area (Å²) in [6.45, 7) is 3.39. The highest BCUT2D eigenvalue weighted by molar-refractivity contribution is 6.42. The average Bonchev–Trinajstić information content (AvgIpc) is 3.06. The molecule has 13 heteroatoms. The van der Waals surface area contributed by atoms with Gasteiger partial charge >= 0.3 is 6.03 Å². The molecule has 3 aliphatic rings. The van der Waals surface area contributed by atoms with E-state index < -0.39 is 23.8 Å². The SMILES string of the molecule is O=C1CCN(N2C(=O)c3ccc(CN4CCN(c5ncnc(Cl)c5Cl)CC4)cc3C2=O)C(=O)N1. The number of rotatable bonds is 4. The lowest BCUT2D eigenvalue weighted by molar-refractivity contribution is -0.122. The number of anilines is 1. The molecule has 1 N–H and O–H groups in total. The Hall–Kier alpha value is -3.28. The summed E-state index contributed by atoms with van der Waals surface area (Å²) in [7, 11) is 0. The highest BCUT2D eigenvalue weighted by Crippen LogP contribution is 2.30. The first-order valence-electron chi connectivity index (χ1n) is 10.6. The predicted molar refractivity (Wildman–Crippen MR) is 121 cm³/mol. The molecule has 1 aromatic heterocycles. The number of nitrogens with zero attached hydrogens (tertiary/aromatic N) is 6. The maximum atomic E-state index is 13.0. The van der Waals surface area contributed by atoms with Gasteiger partial charge in [0.2, 0.25) is 5.91 Å². The number of piperazine rings is 1. The molecule has 4 heterocycles. The quantitative estimate of drug-likeness (QED) is 0.493. The lowest BCUT2D eigenvalue weighted by atomic mass is 10.1. The molecule has 0 bridgehead atoms. The third-order valence-corrected chi connectivity index (χ3v) is 6.74. The van der Waals surface area contributed by atoms with Crippen molar-refractivity contribution in [1.29, 1.82) is 0 Å². The van der Waals surface area contributed by atoms with Crippen molar-refractivity contribution in [1.82, 2.24) is 30.2 Å². The maximum Gasteiger partial charge on any atom is 0.343 e. The number of hydrazine groups is 1. The molecule has 2 fully saturated rings. The number of amides is 5. The van der Waals surface area contributed by atoms with Gasteiger partial charge in [-0.1, -0.05) is 29.3 Å². The third-order valence-electron chi connectivity index (χ3n) is 6.01. The van der Waals surface area contributed by atoms with Gasteiger partial charge in [0, 0.05) is 39.1 Å². The van der Waals surface area contributed by atoms with Gasteiger partial charge in [0.05, 0.1) is 17.7 Å². The van der Waals surface area contributed by atoms with Gasteiger partial charge in [0.25, 0.3) is 11.8 Å². The number of aromatic nitrogens is 2. The van der Waals surface area contributed by atoms with Crippen LogP contribution in [0.4, 0.5) is 10.6 Å². The fourth-order valence-corrected chi connectivity index (χ4v) is 4.62. The van der Waals surface area contributed by atoms with E-state index in [1.165, 1.54) is 6.33 Å². The molecule has 2 aromatic rings. The average molecular weight is 504 g/mol. The molecule has 34 heavy (non-hydrogen) atoms.